The SMILES string of the molecule is CCCC12C(C)CC3C(N)C(C31)[C@H]2C. The van der Waals surface area contributed by atoms with Gasteiger partial charge in [-0.15, -0.1) is 0 Å². The van der Waals surface area contributed by atoms with Gasteiger partial charge in [0.1, 0.15) is 0 Å². The van der Waals surface area contributed by atoms with Gasteiger partial charge in [0.2, 0.25) is 0 Å². The lowest BCUT2D eigenvalue weighted by molar-refractivity contribution is -0.207. The monoisotopic (exact) mass is 193 g/mol. The first kappa shape index (κ1) is 9.21. The summed E-state index contributed by atoms with van der Waals surface area (Å²) in [5.41, 5.74) is 6.97. The summed E-state index contributed by atoms with van der Waals surface area (Å²) in [6.07, 6.45) is 4.24. The lowest BCUT2D eigenvalue weighted by Gasteiger charge is -2.70. The van der Waals surface area contributed by atoms with Crippen LogP contribution in [0.4, 0.5) is 0 Å². The van der Waals surface area contributed by atoms with E-state index in [4.69, 9.17) is 5.73 Å². The summed E-state index contributed by atoms with van der Waals surface area (Å²) >= 11 is 0. The minimum atomic E-state index is 0.560. The van der Waals surface area contributed by atoms with E-state index < -0.39 is 0 Å². The minimum Gasteiger partial charge on any atom is -0.327 e. The first-order chi connectivity index (χ1) is 6.64. The van der Waals surface area contributed by atoms with Gasteiger partial charge in [-0.25, -0.2) is 0 Å². The van der Waals surface area contributed by atoms with E-state index in [1.807, 2.05) is 0 Å². The van der Waals surface area contributed by atoms with Gasteiger partial charge < -0.3 is 5.73 Å². The molecule has 7 atom stereocenters. The van der Waals surface area contributed by atoms with Crippen molar-refractivity contribution in [2.24, 2.45) is 40.7 Å². The zero-order valence-corrected chi connectivity index (χ0v) is 9.66. The Morgan fingerprint density at radius 3 is 2.71 bits per heavy atom. The van der Waals surface area contributed by atoms with Crippen molar-refractivity contribution in [1.29, 1.82) is 0 Å². The molecule has 2 N–H and O–H groups in total. The molecule has 6 unspecified atom stereocenters. The maximum Gasteiger partial charge on any atom is 0.0104 e. The summed E-state index contributed by atoms with van der Waals surface area (Å²) < 4.78 is 0. The first-order valence-corrected chi connectivity index (χ1v) is 6.40. The Balaban J connectivity index is 1.92. The molecule has 14 heavy (non-hydrogen) atoms. The van der Waals surface area contributed by atoms with Crippen molar-refractivity contribution in [1.82, 2.24) is 0 Å². The second-order valence-electron chi connectivity index (χ2n) is 6.13. The molecule has 0 saturated heterocycles. The molecule has 3 saturated carbocycles. The highest BCUT2D eigenvalue weighted by atomic mass is 14.9. The molecule has 0 aromatic heterocycles. The van der Waals surface area contributed by atoms with Crippen molar-refractivity contribution in [2.75, 3.05) is 0 Å². The molecule has 0 aromatic rings. The molecule has 0 aromatic carbocycles. The predicted molar refractivity (Wildman–Crippen MR) is 58.7 cm³/mol. The molecule has 0 spiro atoms. The van der Waals surface area contributed by atoms with Gasteiger partial charge in [-0.3, -0.25) is 0 Å². The normalized spacial score (nSPS) is 64.3. The summed E-state index contributed by atoms with van der Waals surface area (Å²) in [6.45, 7) is 7.29. The molecule has 3 rings (SSSR count). The maximum atomic E-state index is 6.25. The van der Waals surface area contributed by atoms with Gasteiger partial charge in [0.15, 0.2) is 0 Å². The molecular formula is C13H23N. The highest BCUT2D eigenvalue weighted by molar-refractivity contribution is 5.25. The van der Waals surface area contributed by atoms with Crippen molar-refractivity contribution in [3.05, 3.63) is 0 Å². The van der Waals surface area contributed by atoms with Gasteiger partial charge in [-0.05, 0) is 47.8 Å². The Morgan fingerprint density at radius 2 is 2.07 bits per heavy atom. The van der Waals surface area contributed by atoms with Crippen molar-refractivity contribution in [3.8, 4) is 0 Å². The van der Waals surface area contributed by atoms with Gasteiger partial charge >= 0.3 is 0 Å². The lowest BCUT2D eigenvalue weighted by Crippen LogP contribution is -2.71. The molecular weight excluding hydrogens is 170 g/mol. The molecule has 80 valence electrons. The topological polar surface area (TPSA) is 26.0 Å². The van der Waals surface area contributed by atoms with Crippen molar-refractivity contribution in [3.63, 3.8) is 0 Å². The summed E-state index contributed by atoms with van der Waals surface area (Å²) in [6, 6.07) is 0.560. The van der Waals surface area contributed by atoms with E-state index in [0.29, 0.717) is 6.04 Å². The average Bonchev–Trinajstić information content (AvgIpc) is 2.31. The predicted octanol–water partition coefficient (Wildman–Crippen LogP) is 2.65. The summed E-state index contributed by atoms with van der Waals surface area (Å²) in [5.74, 6) is 4.69. The average molecular weight is 193 g/mol. The van der Waals surface area contributed by atoms with Crippen LogP contribution >= 0.6 is 0 Å². The summed E-state index contributed by atoms with van der Waals surface area (Å²) in [5, 5.41) is 0. The molecule has 0 amide bonds. The molecule has 0 aliphatic heterocycles. The lowest BCUT2D eigenvalue weighted by atomic mass is 9.36. The maximum absolute atomic E-state index is 6.25. The second-order valence-corrected chi connectivity index (χ2v) is 6.13. The molecule has 1 nitrogen and oxygen atoms in total. The van der Waals surface area contributed by atoms with E-state index in [1.54, 1.807) is 0 Å². The van der Waals surface area contributed by atoms with E-state index in [2.05, 4.69) is 20.8 Å². The second kappa shape index (κ2) is 2.55. The van der Waals surface area contributed by atoms with Gasteiger partial charge in [0.05, 0.1) is 0 Å². The molecule has 3 aliphatic carbocycles. The Bertz CT molecular complexity index is 256. The minimum absolute atomic E-state index is 0.560. The molecule has 0 heterocycles. The van der Waals surface area contributed by atoms with Gasteiger partial charge in [0, 0.05) is 6.04 Å². The third-order valence-electron chi connectivity index (χ3n) is 6.09. The fourth-order valence-corrected chi connectivity index (χ4v) is 5.63. The van der Waals surface area contributed by atoms with E-state index in [1.165, 1.54) is 19.3 Å². The highest BCUT2D eigenvalue weighted by Crippen LogP contribution is 2.77. The number of hydrogen-bond donors (Lipinski definition) is 1. The molecule has 3 aliphatic rings. The third-order valence-corrected chi connectivity index (χ3v) is 6.09. The van der Waals surface area contributed by atoms with Crippen LogP contribution in [0.25, 0.3) is 0 Å². The molecule has 0 radical (unpaired) electrons. The zero-order valence-electron chi connectivity index (χ0n) is 9.66. The Kier molecular flexibility index (Phi) is 1.68. The van der Waals surface area contributed by atoms with E-state index in [9.17, 15) is 0 Å². The van der Waals surface area contributed by atoms with Crippen LogP contribution in [0.2, 0.25) is 0 Å². The first-order valence-electron chi connectivity index (χ1n) is 6.40. The van der Waals surface area contributed by atoms with Gasteiger partial charge in [-0.1, -0.05) is 27.2 Å². The standard InChI is InChI=1S/C13H23N/c1-4-5-13-7(2)6-9-11(13)10(8(13)3)12(9)14/h7-12H,4-6,14H2,1-3H3/t7?,8-,9?,10?,11?,12?,13?/m1/s1. The van der Waals surface area contributed by atoms with Crippen molar-refractivity contribution < 1.29 is 0 Å². The number of rotatable bonds is 2. The fraction of sp³-hybridized carbons (Fsp3) is 1.00. The van der Waals surface area contributed by atoms with Crippen LogP contribution in [0.1, 0.15) is 40.0 Å². The Labute approximate surface area is 87.4 Å². The Morgan fingerprint density at radius 1 is 1.36 bits per heavy atom. The van der Waals surface area contributed by atoms with E-state index in [0.717, 1.165) is 35.0 Å². The van der Waals surface area contributed by atoms with Crippen LogP contribution in [0.3, 0.4) is 0 Å². The van der Waals surface area contributed by atoms with E-state index in [-0.39, 0.29) is 0 Å². The van der Waals surface area contributed by atoms with Crippen LogP contribution in [-0.2, 0) is 0 Å². The van der Waals surface area contributed by atoms with Crippen LogP contribution < -0.4 is 5.73 Å². The summed E-state index contributed by atoms with van der Waals surface area (Å²) in [7, 11) is 0. The van der Waals surface area contributed by atoms with Gasteiger partial charge in [-0.2, -0.15) is 0 Å². The summed E-state index contributed by atoms with van der Waals surface area (Å²) in [4.78, 5) is 0. The highest BCUT2D eigenvalue weighted by Gasteiger charge is 2.75. The largest absolute Gasteiger partial charge is 0.327 e. The van der Waals surface area contributed by atoms with Crippen LogP contribution in [0, 0.1) is 35.0 Å². The molecule has 0 bridgehead atoms. The third kappa shape index (κ3) is 0.680. The smallest absolute Gasteiger partial charge is 0.0104 e. The molecule has 3 fully saturated rings. The van der Waals surface area contributed by atoms with Crippen molar-refractivity contribution in [2.45, 2.75) is 46.1 Å². The van der Waals surface area contributed by atoms with Crippen LogP contribution in [-0.4, -0.2) is 6.04 Å². The number of hydrogen-bond acceptors (Lipinski definition) is 1. The van der Waals surface area contributed by atoms with Crippen molar-refractivity contribution >= 4 is 0 Å². The van der Waals surface area contributed by atoms with Crippen LogP contribution in [0.5, 0.6) is 0 Å². The zero-order chi connectivity index (χ0) is 10.1. The quantitative estimate of drug-likeness (QED) is 0.717. The van der Waals surface area contributed by atoms with Gasteiger partial charge in [0.25, 0.3) is 0 Å². The fourth-order valence-electron chi connectivity index (χ4n) is 5.63. The van der Waals surface area contributed by atoms with Crippen LogP contribution in [0.15, 0.2) is 0 Å². The molecule has 1 heteroatoms. The van der Waals surface area contributed by atoms with E-state index >= 15 is 0 Å². The Hall–Kier alpha value is -0.0400. The number of nitrogens with two attached hydrogens (primary N) is 1.